The zero-order valence-corrected chi connectivity index (χ0v) is 21.9. The van der Waals surface area contributed by atoms with Crippen molar-refractivity contribution in [1.82, 2.24) is 9.97 Å². The van der Waals surface area contributed by atoms with Gasteiger partial charge < -0.3 is 19.8 Å². The molecule has 1 aliphatic rings. The van der Waals surface area contributed by atoms with E-state index in [4.69, 9.17) is 9.47 Å². The SMILES string of the molecule is COC(=O)[C@H](Cc1c[nH]c2ccccc12)N=C1Nc2ccncc2S(=O)(=O)N1c1cccc(OC(C)C)c1. The van der Waals surface area contributed by atoms with Crippen LogP contribution >= 0.6 is 0 Å². The van der Waals surface area contributed by atoms with E-state index in [2.05, 4.69) is 20.3 Å². The van der Waals surface area contributed by atoms with Gasteiger partial charge in [0, 0.05) is 42.0 Å². The molecule has 1 aliphatic heterocycles. The molecule has 196 valence electrons. The number of hydrogen-bond acceptors (Lipinski definition) is 7. The van der Waals surface area contributed by atoms with Crippen molar-refractivity contribution in [3.63, 3.8) is 0 Å². The van der Waals surface area contributed by atoms with E-state index in [9.17, 15) is 13.2 Å². The number of aliphatic imine (C=N–C) groups is 1. The van der Waals surface area contributed by atoms with Gasteiger partial charge in [-0.15, -0.1) is 0 Å². The van der Waals surface area contributed by atoms with Gasteiger partial charge >= 0.3 is 5.97 Å². The quantitative estimate of drug-likeness (QED) is 0.342. The molecule has 0 unspecified atom stereocenters. The van der Waals surface area contributed by atoms with Crippen molar-refractivity contribution in [2.45, 2.75) is 37.3 Å². The lowest BCUT2D eigenvalue weighted by molar-refractivity contribution is -0.142. The third kappa shape index (κ3) is 4.80. The second-order valence-corrected chi connectivity index (χ2v) is 10.7. The van der Waals surface area contributed by atoms with Gasteiger partial charge in [-0.25, -0.2) is 22.5 Å². The van der Waals surface area contributed by atoms with Gasteiger partial charge in [0.2, 0.25) is 5.96 Å². The predicted octanol–water partition coefficient (Wildman–Crippen LogP) is 4.11. The predicted molar refractivity (Wildman–Crippen MR) is 145 cm³/mol. The highest BCUT2D eigenvalue weighted by atomic mass is 32.2. The molecule has 5 rings (SSSR count). The van der Waals surface area contributed by atoms with Crippen molar-refractivity contribution in [3.8, 4) is 5.75 Å². The molecule has 3 heterocycles. The standard InChI is InChI=1S/C27H27N5O5S/c1-17(2)37-20-8-6-7-19(14-20)32-27(30-23-11-12-28-16-25(23)38(32,34)35)31-24(26(33)36-3)13-18-15-29-22-10-5-4-9-21(18)22/h4-12,14-17,24,29H,13H2,1-3H3,(H,30,31)/t24-/m0/s1. The smallest absolute Gasteiger partial charge is 0.331 e. The molecule has 0 bridgehead atoms. The number of rotatable bonds is 7. The van der Waals surface area contributed by atoms with Crippen LogP contribution in [0.5, 0.6) is 5.75 Å². The molecule has 0 fully saturated rings. The number of H-pyrrole nitrogens is 1. The summed E-state index contributed by atoms with van der Waals surface area (Å²) in [5.74, 6) is -0.146. The van der Waals surface area contributed by atoms with Gasteiger partial charge in [-0.2, -0.15) is 0 Å². The number of methoxy groups -OCH3 is 1. The largest absolute Gasteiger partial charge is 0.491 e. The van der Waals surface area contributed by atoms with E-state index in [0.29, 0.717) is 17.1 Å². The Labute approximate surface area is 220 Å². The van der Waals surface area contributed by atoms with Gasteiger partial charge in [0.1, 0.15) is 10.6 Å². The first-order valence-corrected chi connectivity index (χ1v) is 13.5. The van der Waals surface area contributed by atoms with Crippen LogP contribution < -0.4 is 14.4 Å². The Balaban J connectivity index is 1.63. The van der Waals surface area contributed by atoms with Crippen molar-refractivity contribution in [2.75, 3.05) is 16.7 Å². The van der Waals surface area contributed by atoms with Gasteiger partial charge in [0.05, 0.1) is 24.6 Å². The molecule has 0 saturated heterocycles. The molecule has 2 N–H and O–H groups in total. The average Bonchev–Trinajstić information content (AvgIpc) is 3.30. The fourth-order valence-corrected chi connectivity index (χ4v) is 5.85. The second-order valence-electron chi connectivity index (χ2n) is 8.99. The number of guanidine groups is 1. The number of sulfonamides is 1. The molecule has 0 spiro atoms. The molecule has 11 heteroatoms. The van der Waals surface area contributed by atoms with Crippen LogP contribution in [0.15, 0.2) is 83.1 Å². The topological polar surface area (TPSA) is 126 Å². The minimum absolute atomic E-state index is 0.0135. The number of aromatic amines is 1. The number of carbonyl (C=O) groups excluding carboxylic acids is 1. The first-order valence-electron chi connectivity index (χ1n) is 12.0. The summed E-state index contributed by atoms with van der Waals surface area (Å²) < 4.78 is 39.6. The summed E-state index contributed by atoms with van der Waals surface area (Å²) in [6.07, 6.45) is 4.65. The van der Waals surface area contributed by atoms with Gasteiger partial charge in [-0.05, 0) is 43.7 Å². The minimum atomic E-state index is -4.14. The Bertz CT molecular complexity index is 1630. The number of carbonyl (C=O) groups is 1. The first kappa shape index (κ1) is 25.3. The number of aromatic nitrogens is 2. The first-order chi connectivity index (χ1) is 18.3. The number of esters is 1. The number of nitrogens with one attached hydrogen (secondary N) is 2. The van der Waals surface area contributed by atoms with E-state index in [0.717, 1.165) is 20.8 Å². The summed E-state index contributed by atoms with van der Waals surface area (Å²) in [6, 6.07) is 14.9. The lowest BCUT2D eigenvalue weighted by atomic mass is 10.1. The fourth-order valence-electron chi connectivity index (χ4n) is 4.35. The Morgan fingerprint density at radius 2 is 1.95 bits per heavy atom. The Morgan fingerprint density at radius 3 is 2.74 bits per heavy atom. The molecule has 0 saturated carbocycles. The molecule has 2 aromatic carbocycles. The van der Waals surface area contributed by atoms with Crippen molar-refractivity contribution >= 4 is 44.2 Å². The molecule has 38 heavy (non-hydrogen) atoms. The summed E-state index contributed by atoms with van der Waals surface area (Å²) in [7, 11) is -2.86. The maximum absolute atomic E-state index is 13.9. The maximum atomic E-state index is 13.9. The van der Waals surface area contributed by atoms with Gasteiger partial charge in [0.15, 0.2) is 6.04 Å². The van der Waals surface area contributed by atoms with Crippen molar-refractivity contribution in [1.29, 1.82) is 0 Å². The summed E-state index contributed by atoms with van der Waals surface area (Å²) in [4.78, 5) is 24.7. The number of fused-ring (bicyclic) bond motifs is 2. The Morgan fingerprint density at radius 1 is 1.13 bits per heavy atom. The highest BCUT2D eigenvalue weighted by molar-refractivity contribution is 7.94. The highest BCUT2D eigenvalue weighted by Crippen LogP contribution is 2.35. The van der Waals surface area contributed by atoms with Crippen molar-refractivity contribution in [3.05, 3.63) is 78.8 Å². The third-order valence-electron chi connectivity index (χ3n) is 6.01. The van der Waals surface area contributed by atoms with Crippen LogP contribution in [0.1, 0.15) is 19.4 Å². The van der Waals surface area contributed by atoms with Crippen LogP contribution in [-0.4, -0.2) is 49.6 Å². The van der Waals surface area contributed by atoms with E-state index in [1.807, 2.05) is 44.3 Å². The number of para-hydroxylation sites is 1. The van der Waals surface area contributed by atoms with Crippen LogP contribution in [-0.2, 0) is 26.0 Å². The van der Waals surface area contributed by atoms with Crippen molar-refractivity contribution < 1.29 is 22.7 Å². The number of nitrogens with zero attached hydrogens (tertiary/aromatic N) is 3. The molecule has 0 radical (unpaired) electrons. The van der Waals surface area contributed by atoms with Gasteiger partial charge in [-0.3, -0.25) is 4.98 Å². The molecule has 1 atom stereocenters. The number of anilines is 2. The fraction of sp³-hybridized carbons (Fsp3) is 0.222. The lowest BCUT2D eigenvalue weighted by Gasteiger charge is -2.32. The lowest BCUT2D eigenvalue weighted by Crippen LogP contribution is -2.46. The monoisotopic (exact) mass is 533 g/mol. The maximum Gasteiger partial charge on any atom is 0.331 e. The molecule has 10 nitrogen and oxygen atoms in total. The number of ether oxygens (including phenoxy) is 2. The molecular formula is C27H27N5O5S. The Hall–Kier alpha value is -4.38. The van der Waals surface area contributed by atoms with Crippen LogP contribution in [0.4, 0.5) is 11.4 Å². The summed E-state index contributed by atoms with van der Waals surface area (Å²) in [6.45, 7) is 3.76. The third-order valence-corrected chi connectivity index (χ3v) is 7.75. The zero-order chi connectivity index (χ0) is 26.9. The van der Waals surface area contributed by atoms with Crippen LogP contribution in [0.2, 0.25) is 0 Å². The summed E-state index contributed by atoms with van der Waals surface area (Å²) >= 11 is 0. The minimum Gasteiger partial charge on any atom is -0.491 e. The van der Waals surface area contributed by atoms with E-state index in [1.54, 1.807) is 30.3 Å². The normalized spacial score (nSPS) is 16.2. The molecule has 4 aromatic rings. The van der Waals surface area contributed by atoms with E-state index < -0.39 is 22.0 Å². The molecule has 0 aliphatic carbocycles. The summed E-state index contributed by atoms with van der Waals surface area (Å²) in [5, 5.41) is 4.03. The van der Waals surface area contributed by atoms with E-state index >= 15 is 0 Å². The van der Waals surface area contributed by atoms with Gasteiger partial charge in [0.25, 0.3) is 10.0 Å². The Kier molecular flexibility index (Phi) is 6.77. The number of benzene rings is 2. The molecular weight excluding hydrogens is 506 g/mol. The number of pyridine rings is 1. The van der Waals surface area contributed by atoms with Crippen molar-refractivity contribution in [2.24, 2.45) is 4.99 Å². The van der Waals surface area contributed by atoms with E-state index in [-0.39, 0.29) is 23.4 Å². The summed E-state index contributed by atoms with van der Waals surface area (Å²) in [5.41, 5.74) is 2.37. The van der Waals surface area contributed by atoms with Crippen LogP contribution in [0.3, 0.4) is 0 Å². The zero-order valence-electron chi connectivity index (χ0n) is 21.1. The van der Waals surface area contributed by atoms with Crippen LogP contribution in [0.25, 0.3) is 10.9 Å². The second kappa shape index (κ2) is 10.2. The van der Waals surface area contributed by atoms with E-state index in [1.165, 1.54) is 19.5 Å². The van der Waals surface area contributed by atoms with Gasteiger partial charge in [-0.1, -0.05) is 24.3 Å². The van der Waals surface area contributed by atoms with Crippen LogP contribution in [0, 0.1) is 0 Å². The number of hydrogen-bond donors (Lipinski definition) is 2. The molecule has 2 aromatic heterocycles. The average molecular weight is 534 g/mol. The molecule has 0 amide bonds. The highest BCUT2D eigenvalue weighted by Gasteiger charge is 2.38.